The zero-order valence-electron chi connectivity index (χ0n) is 12.0. The van der Waals surface area contributed by atoms with Crippen LogP contribution in [-0.4, -0.2) is 41.6 Å². The van der Waals surface area contributed by atoms with E-state index < -0.39 is 0 Å². The molecule has 0 spiro atoms. The number of amides is 1. The van der Waals surface area contributed by atoms with Crippen molar-refractivity contribution in [1.29, 1.82) is 0 Å². The number of piperidine rings is 1. The predicted octanol–water partition coefficient (Wildman–Crippen LogP) is 1.83. The minimum Gasteiger partial charge on any atom is -0.351 e. The van der Waals surface area contributed by atoms with Gasteiger partial charge < -0.3 is 14.7 Å². The van der Waals surface area contributed by atoms with E-state index in [9.17, 15) is 4.79 Å². The fourth-order valence-electron chi connectivity index (χ4n) is 2.49. The Bertz CT molecular complexity index is 422. The van der Waals surface area contributed by atoms with Gasteiger partial charge in [0.15, 0.2) is 0 Å². The number of carbonyl (C=O) groups is 1. The summed E-state index contributed by atoms with van der Waals surface area (Å²) >= 11 is 0. The zero-order valence-corrected chi connectivity index (χ0v) is 12.0. The van der Waals surface area contributed by atoms with E-state index in [1.807, 2.05) is 25.7 Å². The highest BCUT2D eigenvalue weighted by Crippen LogP contribution is 2.16. The number of carbonyl (C=O) groups excluding carboxylic acids is 1. The maximum Gasteiger partial charge on any atom is 0.292 e. The second-order valence-corrected chi connectivity index (χ2v) is 5.60. The lowest BCUT2D eigenvalue weighted by Gasteiger charge is -2.32. The number of hydrogen-bond acceptors (Lipinski definition) is 4. The van der Waals surface area contributed by atoms with E-state index in [0.717, 1.165) is 25.3 Å². The molecule has 0 aromatic carbocycles. The number of hydrogen-bond donors (Lipinski definition) is 1. The molecular formula is C14H23N3O2. The molecule has 1 atom stereocenters. The summed E-state index contributed by atoms with van der Waals surface area (Å²) < 4.78 is 5.09. The highest BCUT2D eigenvalue weighted by Gasteiger charge is 2.26. The van der Waals surface area contributed by atoms with E-state index in [0.29, 0.717) is 11.7 Å². The zero-order chi connectivity index (χ0) is 13.8. The molecule has 106 valence electrons. The van der Waals surface area contributed by atoms with Crippen LogP contribution in [0.3, 0.4) is 0 Å². The van der Waals surface area contributed by atoms with Crippen LogP contribution in [0.25, 0.3) is 0 Å². The maximum absolute atomic E-state index is 12.4. The highest BCUT2D eigenvalue weighted by atomic mass is 16.5. The minimum atomic E-state index is -0.0545. The Labute approximate surface area is 114 Å². The van der Waals surface area contributed by atoms with E-state index in [1.54, 1.807) is 6.07 Å². The molecule has 0 bridgehead atoms. The van der Waals surface area contributed by atoms with Crippen LogP contribution < -0.4 is 5.32 Å². The molecule has 1 aromatic rings. The molecule has 2 rings (SSSR count). The summed E-state index contributed by atoms with van der Waals surface area (Å²) in [5.41, 5.74) is 0.742. The van der Waals surface area contributed by atoms with Gasteiger partial charge in [-0.3, -0.25) is 4.79 Å². The molecule has 1 unspecified atom stereocenters. The smallest absolute Gasteiger partial charge is 0.292 e. The van der Waals surface area contributed by atoms with Crippen LogP contribution in [0.15, 0.2) is 10.6 Å². The Morgan fingerprint density at radius 1 is 1.63 bits per heavy atom. The van der Waals surface area contributed by atoms with Gasteiger partial charge in [-0.25, -0.2) is 0 Å². The van der Waals surface area contributed by atoms with E-state index >= 15 is 0 Å². The molecule has 0 radical (unpaired) electrons. The van der Waals surface area contributed by atoms with Crippen molar-refractivity contribution in [2.45, 2.75) is 39.7 Å². The van der Waals surface area contributed by atoms with Crippen LogP contribution in [0.4, 0.5) is 0 Å². The third-order valence-corrected chi connectivity index (χ3v) is 3.58. The van der Waals surface area contributed by atoms with E-state index in [1.165, 1.54) is 12.8 Å². The molecule has 2 heterocycles. The summed E-state index contributed by atoms with van der Waals surface area (Å²) in [6.45, 7) is 8.77. The van der Waals surface area contributed by atoms with Crippen molar-refractivity contribution in [3.63, 3.8) is 0 Å². The van der Waals surface area contributed by atoms with Gasteiger partial charge in [0.1, 0.15) is 0 Å². The third kappa shape index (κ3) is 3.56. The number of aryl methyl sites for hydroxylation is 1. The van der Waals surface area contributed by atoms with Crippen molar-refractivity contribution in [2.24, 2.45) is 5.92 Å². The van der Waals surface area contributed by atoms with Crippen LogP contribution in [-0.2, 0) is 0 Å². The van der Waals surface area contributed by atoms with Gasteiger partial charge in [0, 0.05) is 18.7 Å². The first-order valence-corrected chi connectivity index (χ1v) is 7.03. The van der Waals surface area contributed by atoms with Crippen LogP contribution in [0.5, 0.6) is 0 Å². The molecule has 1 fully saturated rings. The summed E-state index contributed by atoms with van der Waals surface area (Å²) in [7, 11) is 0. The van der Waals surface area contributed by atoms with Crippen LogP contribution >= 0.6 is 0 Å². The molecule has 1 aliphatic heterocycles. The average molecular weight is 265 g/mol. The Balaban J connectivity index is 2.04. The van der Waals surface area contributed by atoms with Crippen molar-refractivity contribution in [3.8, 4) is 0 Å². The van der Waals surface area contributed by atoms with Gasteiger partial charge in [0.2, 0.25) is 5.76 Å². The molecule has 0 aliphatic carbocycles. The summed E-state index contributed by atoms with van der Waals surface area (Å²) in [4.78, 5) is 14.3. The second kappa shape index (κ2) is 6.19. The summed E-state index contributed by atoms with van der Waals surface area (Å²) in [5, 5.41) is 7.18. The first kappa shape index (κ1) is 14.1. The molecule has 1 amide bonds. The molecule has 5 nitrogen and oxygen atoms in total. The molecule has 1 aliphatic rings. The largest absolute Gasteiger partial charge is 0.351 e. The van der Waals surface area contributed by atoms with E-state index in [2.05, 4.69) is 10.5 Å². The maximum atomic E-state index is 12.4. The molecular weight excluding hydrogens is 242 g/mol. The fraction of sp³-hybridized carbons (Fsp3) is 0.714. The Morgan fingerprint density at radius 2 is 2.42 bits per heavy atom. The topological polar surface area (TPSA) is 58.4 Å². The molecule has 5 heteroatoms. The lowest BCUT2D eigenvalue weighted by molar-refractivity contribution is 0.0618. The van der Waals surface area contributed by atoms with E-state index in [-0.39, 0.29) is 11.9 Å². The van der Waals surface area contributed by atoms with Crippen LogP contribution in [0, 0.1) is 12.8 Å². The summed E-state index contributed by atoms with van der Waals surface area (Å²) in [6, 6.07) is 1.87. The molecule has 0 saturated carbocycles. The van der Waals surface area contributed by atoms with Gasteiger partial charge in [-0.2, -0.15) is 0 Å². The van der Waals surface area contributed by atoms with Crippen molar-refractivity contribution in [3.05, 3.63) is 17.5 Å². The molecule has 1 N–H and O–H groups in total. The normalized spacial score (nSPS) is 19.7. The monoisotopic (exact) mass is 265 g/mol. The number of rotatable bonds is 4. The average Bonchev–Trinajstić information content (AvgIpc) is 2.83. The van der Waals surface area contributed by atoms with Crippen LogP contribution in [0.1, 0.15) is 42.9 Å². The predicted molar refractivity (Wildman–Crippen MR) is 73.0 cm³/mol. The van der Waals surface area contributed by atoms with E-state index in [4.69, 9.17) is 4.52 Å². The SMILES string of the molecule is Cc1cc(C(=O)N(CC2CCCNC2)C(C)C)on1. The fourth-order valence-corrected chi connectivity index (χ4v) is 2.49. The van der Waals surface area contributed by atoms with Gasteiger partial charge in [-0.05, 0) is 52.6 Å². The van der Waals surface area contributed by atoms with Crippen molar-refractivity contribution < 1.29 is 9.32 Å². The van der Waals surface area contributed by atoms with Gasteiger partial charge in [0.25, 0.3) is 5.91 Å². The Hall–Kier alpha value is -1.36. The quantitative estimate of drug-likeness (QED) is 0.902. The Kier molecular flexibility index (Phi) is 4.58. The lowest BCUT2D eigenvalue weighted by Crippen LogP contribution is -2.44. The minimum absolute atomic E-state index is 0.0545. The first-order chi connectivity index (χ1) is 9.08. The van der Waals surface area contributed by atoms with Gasteiger partial charge in [0.05, 0.1) is 5.69 Å². The summed E-state index contributed by atoms with van der Waals surface area (Å²) in [5.74, 6) is 0.820. The van der Waals surface area contributed by atoms with Crippen LogP contribution in [0.2, 0.25) is 0 Å². The molecule has 1 saturated heterocycles. The summed E-state index contributed by atoms with van der Waals surface area (Å²) in [6.07, 6.45) is 2.37. The number of aromatic nitrogens is 1. The number of nitrogens with one attached hydrogen (secondary N) is 1. The van der Waals surface area contributed by atoms with Crippen molar-refractivity contribution in [2.75, 3.05) is 19.6 Å². The third-order valence-electron chi connectivity index (χ3n) is 3.58. The van der Waals surface area contributed by atoms with Crippen molar-refractivity contribution >= 4 is 5.91 Å². The molecule has 19 heavy (non-hydrogen) atoms. The van der Waals surface area contributed by atoms with Gasteiger partial charge >= 0.3 is 0 Å². The Morgan fingerprint density at radius 3 is 2.95 bits per heavy atom. The number of nitrogens with zero attached hydrogens (tertiary/aromatic N) is 2. The van der Waals surface area contributed by atoms with Crippen molar-refractivity contribution in [1.82, 2.24) is 15.4 Å². The standard InChI is InChI=1S/C14H23N3O2/c1-10(2)17(9-12-5-4-6-15-8-12)14(18)13-7-11(3)16-19-13/h7,10,12,15H,4-6,8-9H2,1-3H3. The van der Waals surface area contributed by atoms with Gasteiger partial charge in [-0.1, -0.05) is 5.16 Å². The van der Waals surface area contributed by atoms with Gasteiger partial charge in [-0.15, -0.1) is 0 Å². The lowest BCUT2D eigenvalue weighted by atomic mass is 9.98. The second-order valence-electron chi connectivity index (χ2n) is 5.60. The first-order valence-electron chi connectivity index (χ1n) is 7.03. The highest BCUT2D eigenvalue weighted by molar-refractivity contribution is 5.91. The molecule has 1 aromatic heterocycles.